The third-order valence-corrected chi connectivity index (χ3v) is 2.66. The van der Waals surface area contributed by atoms with Crippen LogP contribution in [0.4, 0.5) is 17.6 Å². The molecule has 2 saturated heterocycles. The second-order valence-corrected chi connectivity index (χ2v) is 4.05. The molecule has 2 rings (SSSR count). The maximum Gasteiger partial charge on any atom is 0.144 e. The van der Waals surface area contributed by atoms with Crippen LogP contribution >= 0.6 is 24.8 Å². The van der Waals surface area contributed by atoms with Crippen molar-refractivity contribution in [1.29, 1.82) is 0 Å². The van der Waals surface area contributed by atoms with E-state index in [0.717, 1.165) is 0 Å². The molecular formula is C10H20Cl2F4N2. The highest BCUT2D eigenvalue weighted by atomic mass is 35.5. The minimum absolute atomic E-state index is 0. The summed E-state index contributed by atoms with van der Waals surface area (Å²) in [5.41, 5.74) is 0. The molecule has 2 fully saturated rings. The Morgan fingerprint density at radius 3 is 1.11 bits per heavy atom. The normalized spacial score (nSPS) is 35.3. The second kappa shape index (κ2) is 11.1. The van der Waals surface area contributed by atoms with Crippen molar-refractivity contribution in [2.24, 2.45) is 0 Å². The van der Waals surface area contributed by atoms with Gasteiger partial charge in [0.15, 0.2) is 0 Å². The average Bonchev–Trinajstić information content (AvgIpc) is 2.28. The van der Waals surface area contributed by atoms with Crippen LogP contribution in [0.15, 0.2) is 0 Å². The molecule has 0 amide bonds. The van der Waals surface area contributed by atoms with Gasteiger partial charge >= 0.3 is 0 Å². The smallest absolute Gasteiger partial charge is 0.144 e. The Balaban J connectivity index is 0. The van der Waals surface area contributed by atoms with Crippen LogP contribution in [-0.4, -0.2) is 50.9 Å². The van der Waals surface area contributed by atoms with E-state index in [2.05, 4.69) is 10.6 Å². The molecule has 2 aliphatic rings. The van der Waals surface area contributed by atoms with Gasteiger partial charge in [0.25, 0.3) is 0 Å². The number of halogens is 6. The molecule has 0 saturated carbocycles. The van der Waals surface area contributed by atoms with E-state index in [1.54, 1.807) is 0 Å². The van der Waals surface area contributed by atoms with Gasteiger partial charge in [-0.15, -0.1) is 24.8 Å². The molecule has 18 heavy (non-hydrogen) atoms. The zero-order chi connectivity index (χ0) is 12.0. The minimum Gasteiger partial charge on any atom is -0.314 e. The molecule has 8 heteroatoms. The van der Waals surface area contributed by atoms with Crippen LogP contribution in [0.2, 0.25) is 0 Å². The maximum atomic E-state index is 12.2. The van der Waals surface area contributed by atoms with Crippen molar-refractivity contribution in [2.75, 3.05) is 26.2 Å². The summed E-state index contributed by atoms with van der Waals surface area (Å²) in [5, 5.41) is 5.50. The third-order valence-electron chi connectivity index (χ3n) is 2.66. The molecule has 0 spiro atoms. The van der Waals surface area contributed by atoms with Crippen LogP contribution < -0.4 is 10.6 Å². The van der Waals surface area contributed by atoms with E-state index in [0.29, 0.717) is 25.9 Å². The van der Waals surface area contributed by atoms with E-state index in [4.69, 9.17) is 0 Å². The highest BCUT2D eigenvalue weighted by Gasteiger charge is 2.23. The fourth-order valence-corrected chi connectivity index (χ4v) is 1.58. The molecule has 4 atom stereocenters. The topological polar surface area (TPSA) is 24.1 Å². The van der Waals surface area contributed by atoms with Gasteiger partial charge in [-0.2, -0.15) is 0 Å². The standard InChI is InChI=1S/2C5H9F2N.2ClH/c2*6-4-1-2-8-3-5(4)7;;/h2*4-5,8H,1-3H2;2*1H/t2*4-,5-;;/m10../s1. The lowest BCUT2D eigenvalue weighted by molar-refractivity contribution is 0.131. The first-order valence-corrected chi connectivity index (χ1v) is 5.59. The van der Waals surface area contributed by atoms with Gasteiger partial charge in [-0.25, -0.2) is 17.6 Å². The summed E-state index contributed by atoms with van der Waals surface area (Å²) < 4.78 is 48.6. The molecule has 0 bridgehead atoms. The van der Waals surface area contributed by atoms with E-state index >= 15 is 0 Å². The molecule has 0 aliphatic carbocycles. The molecule has 2 aliphatic heterocycles. The van der Waals surface area contributed by atoms with Crippen LogP contribution in [-0.2, 0) is 0 Å². The van der Waals surface area contributed by atoms with Crippen molar-refractivity contribution >= 4 is 24.8 Å². The number of hydrogen-bond donors (Lipinski definition) is 2. The van der Waals surface area contributed by atoms with Gasteiger partial charge in [0, 0.05) is 13.1 Å². The average molecular weight is 315 g/mol. The fraction of sp³-hybridized carbons (Fsp3) is 1.00. The third kappa shape index (κ3) is 7.61. The SMILES string of the molecule is Cl.Cl.F[C@@H]1CCNC[C@H]1F.F[C@H]1CCNC[C@@H]1F. The Labute approximate surface area is 117 Å². The van der Waals surface area contributed by atoms with E-state index < -0.39 is 24.7 Å². The van der Waals surface area contributed by atoms with Gasteiger partial charge in [0.2, 0.25) is 0 Å². The molecular weight excluding hydrogens is 295 g/mol. The van der Waals surface area contributed by atoms with Crippen LogP contribution in [0.5, 0.6) is 0 Å². The predicted molar refractivity (Wildman–Crippen MR) is 69.1 cm³/mol. The summed E-state index contributed by atoms with van der Waals surface area (Å²) in [6.07, 6.45) is -4.36. The van der Waals surface area contributed by atoms with Gasteiger partial charge in [0.1, 0.15) is 24.7 Å². The highest BCUT2D eigenvalue weighted by molar-refractivity contribution is 5.85. The minimum atomic E-state index is -1.27. The van der Waals surface area contributed by atoms with Crippen molar-refractivity contribution in [3.05, 3.63) is 0 Å². The summed E-state index contributed by atoms with van der Waals surface area (Å²) in [6, 6.07) is 0. The van der Waals surface area contributed by atoms with Crippen molar-refractivity contribution in [2.45, 2.75) is 37.5 Å². The fourth-order valence-electron chi connectivity index (χ4n) is 1.58. The van der Waals surface area contributed by atoms with Crippen LogP contribution in [0.25, 0.3) is 0 Å². The van der Waals surface area contributed by atoms with E-state index in [1.807, 2.05) is 0 Å². The van der Waals surface area contributed by atoms with Crippen LogP contribution in [0, 0.1) is 0 Å². The number of alkyl halides is 4. The van der Waals surface area contributed by atoms with Crippen molar-refractivity contribution in [3.63, 3.8) is 0 Å². The van der Waals surface area contributed by atoms with E-state index in [1.165, 1.54) is 0 Å². The summed E-state index contributed by atoms with van der Waals surface area (Å²) in [4.78, 5) is 0. The lowest BCUT2D eigenvalue weighted by Gasteiger charge is -2.19. The first-order chi connectivity index (χ1) is 7.61. The number of rotatable bonds is 0. The largest absolute Gasteiger partial charge is 0.314 e. The molecule has 0 radical (unpaired) electrons. The van der Waals surface area contributed by atoms with Crippen molar-refractivity contribution in [3.8, 4) is 0 Å². The van der Waals surface area contributed by atoms with Gasteiger partial charge in [-0.3, -0.25) is 0 Å². The van der Waals surface area contributed by atoms with E-state index in [9.17, 15) is 17.6 Å². The van der Waals surface area contributed by atoms with Gasteiger partial charge < -0.3 is 10.6 Å². The quantitative estimate of drug-likeness (QED) is 0.670. The van der Waals surface area contributed by atoms with Crippen molar-refractivity contribution < 1.29 is 17.6 Å². The van der Waals surface area contributed by atoms with Gasteiger partial charge in [-0.05, 0) is 25.9 Å². The summed E-state index contributed by atoms with van der Waals surface area (Å²) in [5.74, 6) is 0. The van der Waals surface area contributed by atoms with Crippen LogP contribution in [0.1, 0.15) is 12.8 Å². The summed E-state index contributed by atoms with van der Waals surface area (Å²) in [7, 11) is 0. The first-order valence-electron chi connectivity index (χ1n) is 5.59. The number of piperidine rings is 2. The summed E-state index contributed by atoms with van der Waals surface area (Å²) >= 11 is 0. The Morgan fingerprint density at radius 2 is 0.944 bits per heavy atom. The Bertz CT molecular complexity index is 163. The molecule has 0 aromatic carbocycles. The van der Waals surface area contributed by atoms with E-state index in [-0.39, 0.29) is 37.9 Å². The lowest BCUT2D eigenvalue weighted by atomic mass is 10.1. The number of hydrogen-bond acceptors (Lipinski definition) is 2. The second-order valence-electron chi connectivity index (χ2n) is 4.05. The first kappa shape index (κ1) is 20.5. The number of nitrogens with one attached hydrogen (secondary N) is 2. The zero-order valence-electron chi connectivity index (χ0n) is 9.88. The van der Waals surface area contributed by atoms with Gasteiger partial charge in [-0.1, -0.05) is 0 Å². The monoisotopic (exact) mass is 314 g/mol. The molecule has 0 aromatic heterocycles. The molecule has 2 N–H and O–H groups in total. The van der Waals surface area contributed by atoms with Gasteiger partial charge in [0.05, 0.1) is 0 Å². The van der Waals surface area contributed by atoms with Crippen LogP contribution in [0.3, 0.4) is 0 Å². The molecule has 0 aromatic rings. The maximum absolute atomic E-state index is 12.2. The Morgan fingerprint density at radius 1 is 0.611 bits per heavy atom. The molecule has 2 nitrogen and oxygen atoms in total. The molecule has 112 valence electrons. The Hall–Kier alpha value is 0.220. The lowest BCUT2D eigenvalue weighted by Crippen LogP contribution is -2.39. The Kier molecular flexibility index (Phi) is 12.6. The highest BCUT2D eigenvalue weighted by Crippen LogP contribution is 2.10. The predicted octanol–water partition coefficient (Wildman–Crippen LogP) is 2.16. The molecule has 0 unspecified atom stereocenters. The zero-order valence-corrected chi connectivity index (χ0v) is 11.5. The summed E-state index contributed by atoms with van der Waals surface area (Å²) in [6.45, 7) is 1.59. The molecule has 2 heterocycles. The van der Waals surface area contributed by atoms with Crippen molar-refractivity contribution in [1.82, 2.24) is 10.6 Å².